The highest BCUT2D eigenvalue weighted by Crippen LogP contribution is 2.28. The van der Waals surface area contributed by atoms with Crippen molar-refractivity contribution in [2.45, 2.75) is 19.3 Å². The van der Waals surface area contributed by atoms with Crippen LogP contribution in [0.15, 0.2) is 49.1 Å². The highest BCUT2D eigenvalue weighted by Gasteiger charge is 2.33. The van der Waals surface area contributed by atoms with E-state index >= 15 is 0 Å². The minimum atomic E-state index is -4.19. The summed E-state index contributed by atoms with van der Waals surface area (Å²) in [6.45, 7) is -0.315. The van der Waals surface area contributed by atoms with Crippen LogP contribution >= 0.6 is 0 Å². The van der Waals surface area contributed by atoms with Gasteiger partial charge in [0.1, 0.15) is 0 Å². The average molecular weight is 387 g/mol. The molecule has 0 aliphatic carbocycles. The maximum atomic E-state index is 12.6. The van der Waals surface area contributed by atoms with Gasteiger partial charge in [0.15, 0.2) is 0 Å². The third-order valence-electron chi connectivity index (χ3n) is 4.41. The fourth-order valence-electron chi connectivity index (χ4n) is 3.17. The van der Waals surface area contributed by atoms with Gasteiger partial charge in [-0.25, -0.2) is 0 Å². The molecule has 28 heavy (non-hydrogen) atoms. The van der Waals surface area contributed by atoms with E-state index in [0.717, 1.165) is 27.9 Å². The Balaban J connectivity index is 1.69. The second-order valence-corrected chi connectivity index (χ2v) is 6.45. The van der Waals surface area contributed by atoms with Gasteiger partial charge < -0.3 is 16.5 Å². The zero-order valence-corrected chi connectivity index (χ0v) is 15.0. The molecule has 146 valence electrons. The minimum Gasteiger partial charge on any atom is -0.404 e. The zero-order chi connectivity index (χ0) is 20.1. The first-order valence-corrected chi connectivity index (χ1v) is 8.60. The van der Waals surface area contributed by atoms with Gasteiger partial charge in [-0.1, -0.05) is 6.07 Å². The Morgan fingerprint density at radius 2 is 2.04 bits per heavy atom. The SMILES string of the molecule is N=C/C(=C\N)c1ccncc1/C=C/Nc1ccc2c(c1)CN(CC(F)(F)F)C2. The van der Waals surface area contributed by atoms with Crippen LogP contribution in [0.4, 0.5) is 18.9 Å². The van der Waals surface area contributed by atoms with E-state index in [1.54, 1.807) is 30.7 Å². The van der Waals surface area contributed by atoms with E-state index in [-0.39, 0.29) is 6.54 Å². The molecule has 1 aromatic heterocycles. The van der Waals surface area contributed by atoms with Gasteiger partial charge in [0.2, 0.25) is 0 Å². The van der Waals surface area contributed by atoms with Crippen LogP contribution < -0.4 is 11.1 Å². The van der Waals surface area contributed by atoms with Gasteiger partial charge in [0.05, 0.1) is 6.54 Å². The van der Waals surface area contributed by atoms with Gasteiger partial charge >= 0.3 is 6.18 Å². The molecular formula is C20H20F3N5. The number of rotatable bonds is 6. The number of hydrogen-bond acceptors (Lipinski definition) is 5. The van der Waals surface area contributed by atoms with E-state index in [2.05, 4.69) is 10.3 Å². The maximum Gasteiger partial charge on any atom is 0.401 e. The number of anilines is 1. The lowest BCUT2D eigenvalue weighted by Crippen LogP contribution is -2.29. The van der Waals surface area contributed by atoms with Crippen LogP contribution in [0, 0.1) is 5.41 Å². The number of benzene rings is 1. The summed E-state index contributed by atoms with van der Waals surface area (Å²) in [7, 11) is 0. The number of hydrogen-bond donors (Lipinski definition) is 3. The highest BCUT2D eigenvalue weighted by molar-refractivity contribution is 6.09. The van der Waals surface area contributed by atoms with Crippen molar-refractivity contribution in [2.75, 3.05) is 11.9 Å². The van der Waals surface area contributed by atoms with Gasteiger partial charge in [-0.15, -0.1) is 0 Å². The topological polar surface area (TPSA) is 78.0 Å². The van der Waals surface area contributed by atoms with E-state index in [1.165, 1.54) is 17.3 Å². The number of allylic oxidation sites excluding steroid dienone is 1. The van der Waals surface area contributed by atoms with Crippen molar-refractivity contribution in [3.8, 4) is 0 Å². The lowest BCUT2D eigenvalue weighted by atomic mass is 10.0. The van der Waals surface area contributed by atoms with Crippen molar-refractivity contribution in [3.63, 3.8) is 0 Å². The maximum absolute atomic E-state index is 12.6. The average Bonchev–Trinajstić information content (AvgIpc) is 3.03. The molecule has 1 aliphatic heterocycles. The quantitative estimate of drug-likeness (QED) is 0.655. The summed E-state index contributed by atoms with van der Waals surface area (Å²) in [6.07, 6.45) is 5.16. The lowest BCUT2D eigenvalue weighted by Gasteiger charge is -2.16. The van der Waals surface area contributed by atoms with E-state index in [0.29, 0.717) is 12.1 Å². The molecule has 0 saturated heterocycles. The number of nitrogens with zero attached hydrogens (tertiary/aromatic N) is 2. The Bertz CT molecular complexity index is 918. The van der Waals surface area contributed by atoms with Gasteiger partial charge in [-0.05, 0) is 41.0 Å². The first-order chi connectivity index (χ1) is 13.4. The molecule has 0 saturated carbocycles. The van der Waals surface area contributed by atoms with Gasteiger partial charge in [0.25, 0.3) is 0 Å². The fraction of sp³-hybridized carbons (Fsp3) is 0.200. The third-order valence-corrected chi connectivity index (χ3v) is 4.41. The van der Waals surface area contributed by atoms with Gasteiger partial charge in [-0.2, -0.15) is 13.2 Å². The molecule has 3 rings (SSSR count). The predicted molar refractivity (Wildman–Crippen MR) is 104 cm³/mol. The van der Waals surface area contributed by atoms with E-state index in [4.69, 9.17) is 11.1 Å². The van der Waals surface area contributed by atoms with Crippen molar-refractivity contribution in [1.29, 1.82) is 5.41 Å². The number of nitrogens with one attached hydrogen (secondary N) is 2. The fourth-order valence-corrected chi connectivity index (χ4v) is 3.17. The van der Waals surface area contributed by atoms with Crippen molar-refractivity contribution in [2.24, 2.45) is 5.73 Å². The normalized spacial score (nSPS) is 15.0. The number of aromatic nitrogens is 1. The summed E-state index contributed by atoms with van der Waals surface area (Å²) in [5, 5.41) is 10.6. The monoisotopic (exact) mass is 387 g/mol. The Kier molecular flexibility index (Phi) is 5.79. The number of alkyl halides is 3. The molecule has 1 aromatic carbocycles. The Hall–Kier alpha value is -3.13. The molecule has 0 atom stereocenters. The number of pyridine rings is 1. The molecule has 0 amide bonds. The number of fused-ring (bicyclic) bond motifs is 1. The third kappa shape index (κ3) is 4.77. The molecule has 1 aliphatic rings. The molecule has 0 bridgehead atoms. The van der Waals surface area contributed by atoms with Crippen molar-refractivity contribution in [3.05, 3.63) is 71.3 Å². The van der Waals surface area contributed by atoms with Crippen molar-refractivity contribution in [1.82, 2.24) is 9.88 Å². The number of halogens is 3. The Morgan fingerprint density at radius 3 is 2.75 bits per heavy atom. The van der Waals surface area contributed by atoms with Gasteiger partial charge in [-0.3, -0.25) is 9.88 Å². The van der Waals surface area contributed by atoms with Crippen molar-refractivity contribution < 1.29 is 13.2 Å². The molecule has 2 aromatic rings. The van der Waals surface area contributed by atoms with Crippen LogP contribution in [0.1, 0.15) is 22.3 Å². The van der Waals surface area contributed by atoms with Crippen LogP contribution in [0.25, 0.3) is 11.6 Å². The summed E-state index contributed by atoms with van der Waals surface area (Å²) in [5.41, 5.74) is 10.3. The molecular weight excluding hydrogens is 367 g/mol. The summed E-state index contributed by atoms with van der Waals surface area (Å²) < 4.78 is 37.8. The smallest absolute Gasteiger partial charge is 0.401 e. The Labute approximate surface area is 160 Å². The van der Waals surface area contributed by atoms with Gasteiger partial charge in [0, 0.05) is 60.9 Å². The van der Waals surface area contributed by atoms with E-state index < -0.39 is 12.7 Å². The highest BCUT2D eigenvalue weighted by atomic mass is 19.4. The standard InChI is InChI=1S/C20H20F3N5/c21-20(22,23)13-28-11-15-1-2-18(7-16(15)12-28)27-6-3-14-10-26-5-4-19(14)17(8-24)9-25/h1-10,24,27H,11-13,25H2/b6-3+,17-9+,24-8?. The first-order valence-electron chi connectivity index (χ1n) is 8.60. The molecule has 0 unspecified atom stereocenters. The van der Waals surface area contributed by atoms with Crippen LogP contribution in [0.5, 0.6) is 0 Å². The van der Waals surface area contributed by atoms with E-state index in [9.17, 15) is 13.2 Å². The lowest BCUT2D eigenvalue weighted by molar-refractivity contribution is -0.146. The second kappa shape index (κ2) is 8.26. The molecule has 0 spiro atoms. The second-order valence-electron chi connectivity index (χ2n) is 6.45. The minimum absolute atomic E-state index is 0.283. The zero-order valence-electron chi connectivity index (χ0n) is 15.0. The molecule has 2 heterocycles. The molecule has 0 fully saturated rings. The molecule has 0 radical (unpaired) electrons. The van der Waals surface area contributed by atoms with Crippen LogP contribution in [0.2, 0.25) is 0 Å². The van der Waals surface area contributed by atoms with Crippen LogP contribution in [0.3, 0.4) is 0 Å². The summed E-state index contributed by atoms with van der Waals surface area (Å²) >= 11 is 0. The molecule has 4 N–H and O–H groups in total. The largest absolute Gasteiger partial charge is 0.404 e. The summed E-state index contributed by atoms with van der Waals surface area (Å²) in [4.78, 5) is 5.47. The van der Waals surface area contributed by atoms with E-state index in [1.807, 2.05) is 18.2 Å². The summed E-state index contributed by atoms with van der Waals surface area (Å²) in [6, 6.07) is 7.33. The molecule has 8 heteroatoms. The number of nitrogens with two attached hydrogens (primary N) is 1. The van der Waals surface area contributed by atoms with Crippen molar-refractivity contribution >= 4 is 23.6 Å². The Morgan fingerprint density at radius 1 is 1.25 bits per heavy atom. The summed E-state index contributed by atoms with van der Waals surface area (Å²) in [5.74, 6) is 0. The van der Waals surface area contributed by atoms with Crippen LogP contribution in [-0.4, -0.2) is 28.8 Å². The molecule has 5 nitrogen and oxygen atoms in total. The first kappa shape index (κ1) is 19.6. The van der Waals surface area contributed by atoms with Crippen LogP contribution in [-0.2, 0) is 13.1 Å². The predicted octanol–water partition coefficient (Wildman–Crippen LogP) is 3.99.